The van der Waals surface area contributed by atoms with Gasteiger partial charge in [-0.15, -0.1) is 11.3 Å². The summed E-state index contributed by atoms with van der Waals surface area (Å²) < 4.78 is 5.11. The maximum absolute atomic E-state index is 12.1. The van der Waals surface area contributed by atoms with Crippen LogP contribution in [0.3, 0.4) is 0 Å². The van der Waals surface area contributed by atoms with Gasteiger partial charge in [0.05, 0.1) is 5.75 Å². The molecule has 1 N–H and O–H groups in total. The van der Waals surface area contributed by atoms with E-state index in [1.54, 1.807) is 0 Å². The molecule has 3 rings (SSSR count). The van der Waals surface area contributed by atoms with Crippen LogP contribution < -0.4 is 5.32 Å². The van der Waals surface area contributed by atoms with Crippen molar-refractivity contribution in [1.29, 1.82) is 0 Å². The normalized spacial score (nSPS) is 22.9. The summed E-state index contributed by atoms with van der Waals surface area (Å²) in [6.07, 6.45) is 4.82. The Bertz CT molecular complexity index is 780. The fraction of sp³-hybridized carbons (Fsp3) is 0.556. The minimum Gasteiger partial charge on any atom is -0.455 e. The molecule has 0 aromatic carbocycles. The molecule has 3 atom stereocenters. The van der Waals surface area contributed by atoms with Gasteiger partial charge in [-0.3, -0.25) is 9.59 Å². The van der Waals surface area contributed by atoms with E-state index in [2.05, 4.69) is 29.1 Å². The van der Waals surface area contributed by atoms with Gasteiger partial charge in [0.1, 0.15) is 16.2 Å². The second-order valence-corrected chi connectivity index (χ2v) is 8.57. The highest BCUT2D eigenvalue weighted by atomic mass is 32.2. The number of thiophene rings is 1. The second-order valence-electron chi connectivity index (χ2n) is 6.71. The van der Waals surface area contributed by atoms with Gasteiger partial charge >= 0.3 is 5.97 Å². The number of thioether (sulfide) groups is 1. The molecule has 0 aliphatic heterocycles. The van der Waals surface area contributed by atoms with Crippen molar-refractivity contribution < 1.29 is 14.3 Å². The number of nitrogens with zero attached hydrogens (tertiary/aromatic N) is 2. The van der Waals surface area contributed by atoms with Gasteiger partial charge < -0.3 is 10.1 Å². The van der Waals surface area contributed by atoms with E-state index in [1.165, 1.54) is 35.8 Å². The monoisotopic (exact) mass is 393 g/mol. The lowest BCUT2D eigenvalue weighted by molar-refractivity contribution is -0.146. The molecule has 6 nitrogen and oxygen atoms in total. The number of hydrogen-bond acceptors (Lipinski definition) is 7. The van der Waals surface area contributed by atoms with Gasteiger partial charge in [0.2, 0.25) is 0 Å². The summed E-state index contributed by atoms with van der Waals surface area (Å²) in [5, 5.41) is 6.64. The van der Waals surface area contributed by atoms with E-state index in [0.717, 1.165) is 28.1 Å². The molecule has 1 fully saturated rings. The van der Waals surface area contributed by atoms with E-state index in [4.69, 9.17) is 4.74 Å². The molecule has 0 bridgehead atoms. The number of rotatable bonds is 6. The van der Waals surface area contributed by atoms with Crippen molar-refractivity contribution >= 4 is 45.2 Å². The lowest BCUT2D eigenvalue weighted by Gasteiger charge is -2.34. The third-order valence-electron chi connectivity index (χ3n) is 4.97. The Morgan fingerprint density at radius 3 is 3.04 bits per heavy atom. The van der Waals surface area contributed by atoms with Crippen molar-refractivity contribution in [3.8, 4) is 0 Å². The summed E-state index contributed by atoms with van der Waals surface area (Å²) >= 11 is 2.83. The Balaban J connectivity index is 1.42. The quantitative estimate of drug-likeness (QED) is 0.461. The predicted octanol–water partition coefficient (Wildman–Crippen LogP) is 3.27. The van der Waals surface area contributed by atoms with Gasteiger partial charge in [-0.1, -0.05) is 38.5 Å². The third kappa shape index (κ3) is 4.73. The molecule has 2 heterocycles. The molecular weight excluding hydrogens is 370 g/mol. The lowest BCUT2D eigenvalue weighted by atomic mass is 9.78. The van der Waals surface area contributed by atoms with Crippen molar-refractivity contribution in [2.45, 2.75) is 44.2 Å². The summed E-state index contributed by atoms with van der Waals surface area (Å²) in [7, 11) is 0. The van der Waals surface area contributed by atoms with E-state index in [1.807, 2.05) is 11.4 Å². The minimum atomic E-state index is -0.419. The highest BCUT2D eigenvalue weighted by molar-refractivity contribution is 8.00. The number of carbonyl (C=O) groups is 2. The van der Waals surface area contributed by atoms with E-state index in [-0.39, 0.29) is 24.3 Å². The molecule has 1 saturated carbocycles. The van der Waals surface area contributed by atoms with Crippen LogP contribution in [0.2, 0.25) is 0 Å². The van der Waals surface area contributed by atoms with E-state index in [9.17, 15) is 9.59 Å². The first-order valence-corrected chi connectivity index (χ1v) is 10.7. The van der Waals surface area contributed by atoms with E-state index in [0.29, 0.717) is 11.8 Å². The zero-order chi connectivity index (χ0) is 18.5. The zero-order valence-electron chi connectivity index (χ0n) is 14.9. The number of aromatic nitrogens is 2. The fourth-order valence-corrected chi connectivity index (χ4v) is 4.81. The maximum Gasteiger partial charge on any atom is 0.316 e. The Hall–Kier alpha value is -1.67. The molecule has 2 aromatic rings. The first-order valence-electron chi connectivity index (χ1n) is 8.80. The van der Waals surface area contributed by atoms with Crippen LogP contribution in [0.1, 0.15) is 33.1 Å². The summed E-state index contributed by atoms with van der Waals surface area (Å²) in [6, 6.07) is 2.11. The molecule has 0 radical (unpaired) electrons. The molecule has 140 valence electrons. The largest absolute Gasteiger partial charge is 0.455 e. The Morgan fingerprint density at radius 1 is 1.35 bits per heavy atom. The summed E-state index contributed by atoms with van der Waals surface area (Å²) in [6.45, 7) is 4.16. The molecule has 0 unspecified atom stereocenters. The Labute approximate surface area is 161 Å². The molecule has 1 aliphatic carbocycles. The van der Waals surface area contributed by atoms with Gasteiger partial charge in [0.15, 0.2) is 6.61 Å². The average molecular weight is 394 g/mol. The Kier molecular flexibility index (Phi) is 6.48. The first kappa shape index (κ1) is 19.1. The van der Waals surface area contributed by atoms with Gasteiger partial charge in [0.25, 0.3) is 5.91 Å². The molecule has 2 aromatic heterocycles. The number of nitrogens with one attached hydrogen (secondary N) is 1. The summed E-state index contributed by atoms with van der Waals surface area (Å²) in [4.78, 5) is 33.3. The number of hydrogen-bond donors (Lipinski definition) is 1. The third-order valence-corrected chi connectivity index (χ3v) is 6.77. The molecule has 0 saturated heterocycles. The number of esters is 1. The van der Waals surface area contributed by atoms with Crippen LogP contribution in [0.15, 0.2) is 22.8 Å². The van der Waals surface area contributed by atoms with Crippen molar-refractivity contribution in [2.24, 2.45) is 11.8 Å². The van der Waals surface area contributed by atoms with Gasteiger partial charge in [-0.05, 0) is 29.7 Å². The molecule has 26 heavy (non-hydrogen) atoms. The minimum absolute atomic E-state index is 0.117. The average Bonchev–Trinajstić information content (AvgIpc) is 3.11. The molecule has 1 aliphatic rings. The van der Waals surface area contributed by atoms with Crippen LogP contribution in [-0.2, 0) is 14.3 Å². The standard InChI is InChI=1S/C18H23N3O3S2/c1-11-4-3-5-14(12(11)2)21-15(22)8-24-16(23)9-26-18-13-6-7-25-17(13)19-10-20-18/h6-7,10-12,14H,3-5,8-9H2,1-2H3,(H,21,22)/t11-,12+,14+/m0/s1. The topological polar surface area (TPSA) is 81.2 Å². The van der Waals surface area contributed by atoms with Crippen molar-refractivity contribution in [1.82, 2.24) is 15.3 Å². The van der Waals surface area contributed by atoms with Crippen LogP contribution in [0.4, 0.5) is 0 Å². The first-order chi connectivity index (χ1) is 12.5. The second kappa shape index (κ2) is 8.81. The van der Waals surface area contributed by atoms with Crippen LogP contribution in [0.25, 0.3) is 10.2 Å². The molecule has 0 spiro atoms. The predicted molar refractivity (Wildman–Crippen MR) is 103 cm³/mol. The lowest BCUT2D eigenvalue weighted by Crippen LogP contribution is -2.45. The smallest absolute Gasteiger partial charge is 0.316 e. The fourth-order valence-electron chi connectivity index (χ4n) is 3.23. The molecular formula is C18H23N3O3S2. The summed E-state index contributed by atoms with van der Waals surface area (Å²) in [5.74, 6) is 0.528. The number of fused-ring (bicyclic) bond motifs is 1. The number of ether oxygens (including phenoxy) is 1. The highest BCUT2D eigenvalue weighted by Gasteiger charge is 2.28. The number of amides is 1. The van der Waals surface area contributed by atoms with Gasteiger partial charge in [0, 0.05) is 11.4 Å². The number of carbonyl (C=O) groups excluding carboxylic acids is 2. The van der Waals surface area contributed by atoms with Crippen LogP contribution in [-0.4, -0.2) is 40.2 Å². The maximum atomic E-state index is 12.1. The van der Waals surface area contributed by atoms with Crippen molar-refractivity contribution in [2.75, 3.05) is 12.4 Å². The zero-order valence-corrected chi connectivity index (χ0v) is 16.6. The summed E-state index contributed by atoms with van der Waals surface area (Å²) in [5.41, 5.74) is 0. The van der Waals surface area contributed by atoms with Crippen LogP contribution in [0.5, 0.6) is 0 Å². The van der Waals surface area contributed by atoms with Crippen molar-refractivity contribution in [3.05, 3.63) is 17.8 Å². The van der Waals surface area contributed by atoms with Gasteiger partial charge in [-0.2, -0.15) is 0 Å². The van der Waals surface area contributed by atoms with E-state index >= 15 is 0 Å². The van der Waals surface area contributed by atoms with Gasteiger partial charge in [-0.25, -0.2) is 9.97 Å². The Morgan fingerprint density at radius 2 is 2.19 bits per heavy atom. The van der Waals surface area contributed by atoms with Crippen LogP contribution in [0, 0.1) is 11.8 Å². The molecule has 8 heteroatoms. The SMILES string of the molecule is C[C@@H]1[C@@H](C)CCC[C@H]1NC(=O)COC(=O)CSc1ncnc2sccc12. The van der Waals surface area contributed by atoms with E-state index < -0.39 is 5.97 Å². The van der Waals surface area contributed by atoms with Crippen molar-refractivity contribution in [3.63, 3.8) is 0 Å². The van der Waals surface area contributed by atoms with Crippen LogP contribution >= 0.6 is 23.1 Å². The molecule has 1 amide bonds. The highest BCUT2D eigenvalue weighted by Crippen LogP contribution is 2.29.